The number of amides is 1. The fraction of sp³-hybridized carbons (Fsp3) is 0.222. The Labute approximate surface area is 154 Å². The molecule has 7 nitrogen and oxygen atoms in total. The second kappa shape index (κ2) is 7.92. The summed E-state index contributed by atoms with van der Waals surface area (Å²) >= 11 is 1.47. The van der Waals surface area contributed by atoms with E-state index in [2.05, 4.69) is 21.7 Å². The molecular formula is C18H18N4O3S. The summed E-state index contributed by atoms with van der Waals surface area (Å²) in [6.45, 7) is 2.62. The number of carbonyl (C=O) groups excluding carboxylic acids is 1. The van der Waals surface area contributed by atoms with Gasteiger partial charge in [-0.25, -0.2) is 4.98 Å². The molecule has 0 aliphatic rings. The lowest BCUT2D eigenvalue weighted by molar-refractivity contribution is -0.384. The van der Waals surface area contributed by atoms with Gasteiger partial charge in [-0.3, -0.25) is 14.9 Å². The Morgan fingerprint density at radius 1 is 1.23 bits per heavy atom. The third-order valence-electron chi connectivity index (χ3n) is 3.78. The average Bonchev–Trinajstić information content (AvgIpc) is 3.00. The first kappa shape index (κ1) is 17.8. The van der Waals surface area contributed by atoms with Gasteiger partial charge in [0.1, 0.15) is 0 Å². The molecule has 0 radical (unpaired) electrons. The fourth-order valence-corrected chi connectivity index (χ4v) is 3.43. The van der Waals surface area contributed by atoms with Crippen molar-refractivity contribution in [2.75, 3.05) is 17.2 Å². The topological polar surface area (TPSA) is 97.2 Å². The van der Waals surface area contributed by atoms with E-state index in [-0.39, 0.29) is 11.6 Å². The molecule has 8 heteroatoms. The maximum Gasteiger partial charge on any atom is 0.269 e. The number of aromatic nitrogens is 1. The number of rotatable bonds is 7. The van der Waals surface area contributed by atoms with Crippen LogP contribution in [0.25, 0.3) is 10.2 Å². The standard InChI is InChI=1S/C18H18N4O3S/c1-12-4-9-15-16(11-12)26-18(20-15)21-17(23)3-2-10-19-13-5-7-14(8-6-13)22(24)25/h4-9,11,19H,2-3,10H2,1H3,(H,20,21,23). The van der Waals surface area contributed by atoms with E-state index in [0.29, 0.717) is 24.5 Å². The Hall–Kier alpha value is -3.00. The van der Waals surface area contributed by atoms with Gasteiger partial charge in [-0.15, -0.1) is 0 Å². The summed E-state index contributed by atoms with van der Waals surface area (Å²) in [5.74, 6) is -0.0775. The van der Waals surface area contributed by atoms with Gasteiger partial charge in [-0.1, -0.05) is 17.4 Å². The lowest BCUT2D eigenvalue weighted by atomic mass is 10.2. The van der Waals surface area contributed by atoms with E-state index < -0.39 is 4.92 Å². The van der Waals surface area contributed by atoms with Crippen molar-refractivity contribution in [3.63, 3.8) is 0 Å². The maximum atomic E-state index is 12.0. The maximum absolute atomic E-state index is 12.0. The Balaban J connectivity index is 1.44. The number of nitrogens with zero attached hydrogens (tertiary/aromatic N) is 2. The molecule has 1 heterocycles. The molecule has 0 fully saturated rings. The number of hydrogen-bond donors (Lipinski definition) is 2. The van der Waals surface area contributed by atoms with Gasteiger partial charge in [0, 0.05) is 30.8 Å². The molecule has 1 amide bonds. The zero-order valence-corrected chi connectivity index (χ0v) is 15.0. The van der Waals surface area contributed by atoms with Crippen LogP contribution in [0.2, 0.25) is 0 Å². The monoisotopic (exact) mass is 370 g/mol. The molecule has 0 saturated carbocycles. The van der Waals surface area contributed by atoms with Crippen LogP contribution in [-0.4, -0.2) is 22.4 Å². The first-order valence-corrected chi connectivity index (χ1v) is 8.98. The molecule has 0 aliphatic heterocycles. The zero-order valence-electron chi connectivity index (χ0n) is 14.2. The molecule has 0 bridgehead atoms. The molecule has 1 aromatic heterocycles. The largest absolute Gasteiger partial charge is 0.385 e. The number of carbonyl (C=O) groups is 1. The number of fused-ring (bicyclic) bond motifs is 1. The first-order valence-electron chi connectivity index (χ1n) is 8.16. The molecular weight excluding hydrogens is 352 g/mol. The van der Waals surface area contributed by atoms with Gasteiger partial charge in [0.15, 0.2) is 5.13 Å². The highest BCUT2D eigenvalue weighted by atomic mass is 32.1. The van der Waals surface area contributed by atoms with E-state index in [1.807, 2.05) is 19.1 Å². The van der Waals surface area contributed by atoms with Crippen molar-refractivity contribution >= 4 is 44.0 Å². The van der Waals surface area contributed by atoms with Crippen LogP contribution in [-0.2, 0) is 4.79 Å². The third-order valence-corrected chi connectivity index (χ3v) is 4.71. The quantitative estimate of drug-likeness (QED) is 0.366. The Kier molecular flexibility index (Phi) is 5.43. The first-order chi connectivity index (χ1) is 12.5. The highest BCUT2D eigenvalue weighted by Crippen LogP contribution is 2.26. The smallest absolute Gasteiger partial charge is 0.269 e. The van der Waals surface area contributed by atoms with Crippen LogP contribution < -0.4 is 10.6 Å². The summed E-state index contributed by atoms with van der Waals surface area (Å²) in [6, 6.07) is 12.2. The number of nitrogens with one attached hydrogen (secondary N) is 2. The number of aryl methyl sites for hydroxylation is 1. The molecule has 0 atom stereocenters. The number of non-ortho nitro benzene ring substituents is 1. The van der Waals surface area contributed by atoms with Crippen molar-refractivity contribution in [1.29, 1.82) is 0 Å². The summed E-state index contributed by atoms with van der Waals surface area (Å²) in [5.41, 5.74) is 2.89. The van der Waals surface area contributed by atoms with E-state index in [9.17, 15) is 14.9 Å². The predicted octanol–water partition coefficient (Wildman–Crippen LogP) is 4.34. The lowest BCUT2D eigenvalue weighted by Crippen LogP contribution is -2.13. The van der Waals surface area contributed by atoms with Crippen molar-refractivity contribution in [3.8, 4) is 0 Å². The minimum Gasteiger partial charge on any atom is -0.385 e. The van der Waals surface area contributed by atoms with Gasteiger partial charge in [0.05, 0.1) is 15.1 Å². The lowest BCUT2D eigenvalue weighted by Gasteiger charge is -2.06. The van der Waals surface area contributed by atoms with E-state index >= 15 is 0 Å². The highest BCUT2D eigenvalue weighted by Gasteiger charge is 2.08. The van der Waals surface area contributed by atoms with Crippen molar-refractivity contribution in [3.05, 3.63) is 58.1 Å². The SMILES string of the molecule is Cc1ccc2nc(NC(=O)CCCNc3ccc([N+](=O)[O-])cc3)sc2c1. The van der Waals surface area contributed by atoms with Gasteiger partial charge >= 0.3 is 0 Å². The zero-order chi connectivity index (χ0) is 18.5. The molecule has 2 aromatic carbocycles. The summed E-state index contributed by atoms with van der Waals surface area (Å²) in [7, 11) is 0. The van der Waals surface area contributed by atoms with Crippen molar-refractivity contribution < 1.29 is 9.72 Å². The van der Waals surface area contributed by atoms with Crippen LogP contribution in [0.1, 0.15) is 18.4 Å². The predicted molar refractivity (Wildman–Crippen MR) is 104 cm³/mol. The number of anilines is 2. The Morgan fingerprint density at radius 3 is 2.73 bits per heavy atom. The minimum atomic E-state index is -0.433. The molecule has 0 aliphatic carbocycles. The highest BCUT2D eigenvalue weighted by molar-refractivity contribution is 7.22. The van der Waals surface area contributed by atoms with Gasteiger partial charge in [0.2, 0.25) is 5.91 Å². The number of nitro benzene ring substituents is 1. The van der Waals surface area contributed by atoms with Crippen LogP contribution in [0.4, 0.5) is 16.5 Å². The second-order valence-corrected chi connectivity index (χ2v) is 6.90. The number of thiazole rings is 1. The van der Waals surface area contributed by atoms with Gasteiger partial charge in [-0.05, 0) is 43.2 Å². The molecule has 0 saturated heterocycles. The van der Waals surface area contributed by atoms with Crippen molar-refractivity contribution in [1.82, 2.24) is 4.98 Å². The van der Waals surface area contributed by atoms with Crippen LogP contribution in [0.5, 0.6) is 0 Å². The van der Waals surface area contributed by atoms with Crippen LogP contribution in [0, 0.1) is 17.0 Å². The Morgan fingerprint density at radius 2 is 2.00 bits per heavy atom. The molecule has 0 spiro atoms. The second-order valence-electron chi connectivity index (χ2n) is 5.87. The number of hydrogen-bond acceptors (Lipinski definition) is 6. The van der Waals surface area contributed by atoms with Crippen molar-refractivity contribution in [2.24, 2.45) is 0 Å². The molecule has 0 unspecified atom stereocenters. The molecule has 3 aromatic rings. The fourth-order valence-electron chi connectivity index (χ4n) is 2.45. The molecule has 3 rings (SSSR count). The summed E-state index contributed by atoms with van der Waals surface area (Å²) in [6.07, 6.45) is 1.02. The third kappa shape index (κ3) is 4.54. The van der Waals surface area contributed by atoms with E-state index in [1.54, 1.807) is 12.1 Å². The summed E-state index contributed by atoms with van der Waals surface area (Å²) < 4.78 is 1.06. The normalized spacial score (nSPS) is 10.7. The Bertz CT molecular complexity index is 937. The van der Waals surface area contributed by atoms with Crippen LogP contribution in [0.15, 0.2) is 42.5 Å². The molecule has 134 valence electrons. The van der Waals surface area contributed by atoms with E-state index in [4.69, 9.17) is 0 Å². The van der Waals surface area contributed by atoms with Gasteiger partial charge < -0.3 is 10.6 Å². The molecule has 26 heavy (non-hydrogen) atoms. The van der Waals surface area contributed by atoms with Crippen LogP contribution >= 0.6 is 11.3 Å². The minimum absolute atomic E-state index is 0.0564. The summed E-state index contributed by atoms with van der Waals surface area (Å²) in [5, 5.41) is 17.2. The average molecular weight is 370 g/mol. The van der Waals surface area contributed by atoms with Gasteiger partial charge in [0.25, 0.3) is 5.69 Å². The summed E-state index contributed by atoms with van der Waals surface area (Å²) in [4.78, 5) is 26.6. The molecule has 2 N–H and O–H groups in total. The van der Waals surface area contributed by atoms with E-state index in [1.165, 1.54) is 23.5 Å². The number of nitro groups is 1. The number of benzene rings is 2. The van der Waals surface area contributed by atoms with Gasteiger partial charge in [-0.2, -0.15) is 0 Å². The van der Waals surface area contributed by atoms with Crippen LogP contribution in [0.3, 0.4) is 0 Å². The van der Waals surface area contributed by atoms with Crippen molar-refractivity contribution in [2.45, 2.75) is 19.8 Å². The van der Waals surface area contributed by atoms with E-state index in [0.717, 1.165) is 21.5 Å².